The first-order valence-electron chi connectivity index (χ1n) is 11.5. The highest BCUT2D eigenvalue weighted by atomic mass is 16.2. The number of carbonyl (C=O) groups is 2. The molecule has 5 rings (SSSR count). The molecule has 0 spiro atoms. The topological polar surface area (TPSA) is 43.9 Å². The van der Waals surface area contributed by atoms with Crippen molar-refractivity contribution in [3.8, 4) is 0 Å². The van der Waals surface area contributed by atoms with Gasteiger partial charge in [0.05, 0.1) is 0 Å². The number of anilines is 1. The Balaban J connectivity index is 1.36. The third-order valence-electron chi connectivity index (χ3n) is 7.24. The highest BCUT2D eigenvalue weighted by molar-refractivity contribution is 5.91. The van der Waals surface area contributed by atoms with Crippen LogP contribution in [0.2, 0.25) is 0 Å². The number of aryl methyl sites for hydroxylation is 1. The first-order chi connectivity index (χ1) is 15.0. The molecule has 2 amide bonds. The molecule has 5 heteroatoms. The number of fused-ring (bicyclic) bond motifs is 1. The lowest BCUT2D eigenvalue weighted by Gasteiger charge is -2.42. The summed E-state index contributed by atoms with van der Waals surface area (Å²) >= 11 is 0. The van der Waals surface area contributed by atoms with Gasteiger partial charge in [0.1, 0.15) is 6.04 Å². The fourth-order valence-electron chi connectivity index (χ4n) is 5.05. The van der Waals surface area contributed by atoms with Crippen molar-refractivity contribution < 1.29 is 9.59 Å². The van der Waals surface area contributed by atoms with Crippen molar-refractivity contribution in [2.45, 2.75) is 39.2 Å². The van der Waals surface area contributed by atoms with Gasteiger partial charge in [0.15, 0.2) is 0 Å². The molecule has 0 N–H and O–H groups in total. The molecule has 31 heavy (non-hydrogen) atoms. The number of nitrogens with zero attached hydrogens (tertiary/aromatic N) is 3. The standard InChI is InChI=1S/C26H31N3O2/c1-18-6-5-9-23(19(18)2)27-14-16-28(17-15-27)26(31)24-22-8-4-3-7-20(22)12-13-29(24)25(30)21-10-11-21/h3-9,21,24H,10-17H2,1-2H3/t24-/m0/s1. The molecule has 3 aliphatic rings. The van der Waals surface area contributed by atoms with Gasteiger partial charge in [-0.15, -0.1) is 0 Å². The lowest BCUT2D eigenvalue weighted by Crippen LogP contribution is -2.54. The molecule has 1 saturated carbocycles. The highest BCUT2D eigenvalue weighted by Crippen LogP contribution is 2.38. The largest absolute Gasteiger partial charge is 0.368 e. The van der Waals surface area contributed by atoms with E-state index in [9.17, 15) is 9.59 Å². The molecule has 2 fully saturated rings. The van der Waals surface area contributed by atoms with Gasteiger partial charge in [-0.1, -0.05) is 36.4 Å². The molecule has 0 unspecified atom stereocenters. The Morgan fingerprint density at radius 3 is 2.32 bits per heavy atom. The van der Waals surface area contributed by atoms with Crippen LogP contribution >= 0.6 is 0 Å². The van der Waals surface area contributed by atoms with Crippen molar-refractivity contribution in [1.82, 2.24) is 9.80 Å². The fraction of sp³-hybridized carbons (Fsp3) is 0.462. The second kappa shape index (κ2) is 8.03. The van der Waals surface area contributed by atoms with Crippen LogP contribution in [0.15, 0.2) is 42.5 Å². The summed E-state index contributed by atoms with van der Waals surface area (Å²) in [5, 5.41) is 0. The maximum atomic E-state index is 13.8. The van der Waals surface area contributed by atoms with Crippen LogP contribution in [0.3, 0.4) is 0 Å². The summed E-state index contributed by atoms with van der Waals surface area (Å²) in [5.74, 6) is 0.380. The predicted octanol–water partition coefficient (Wildman–Crippen LogP) is 3.49. The fourth-order valence-corrected chi connectivity index (χ4v) is 5.05. The van der Waals surface area contributed by atoms with Crippen LogP contribution in [0.5, 0.6) is 0 Å². The SMILES string of the molecule is Cc1cccc(N2CCN(C(=O)[C@@H]3c4ccccc4CCN3C(=O)C3CC3)CC2)c1C. The zero-order valence-corrected chi connectivity index (χ0v) is 18.5. The summed E-state index contributed by atoms with van der Waals surface area (Å²) in [6.07, 6.45) is 2.76. The third kappa shape index (κ3) is 3.71. The van der Waals surface area contributed by atoms with Gasteiger partial charge in [0.25, 0.3) is 0 Å². The molecule has 0 aromatic heterocycles. The second-order valence-corrected chi connectivity index (χ2v) is 9.19. The molecule has 2 aromatic rings. The summed E-state index contributed by atoms with van der Waals surface area (Å²) in [6, 6.07) is 14.1. The van der Waals surface area contributed by atoms with E-state index in [2.05, 4.69) is 43.0 Å². The number of hydrogen-bond acceptors (Lipinski definition) is 3. The van der Waals surface area contributed by atoms with Gasteiger partial charge in [-0.3, -0.25) is 9.59 Å². The Hall–Kier alpha value is -2.82. The second-order valence-electron chi connectivity index (χ2n) is 9.19. The highest BCUT2D eigenvalue weighted by Gasteiger charge is 2.43. The Labute approximate surface area is 184 Å². The van der Waals surface area contributed by atoms with Crippen LogP contribution in [-0.2, 0) is 16.0 Å². The van der Waals surface area contributed by atoms with E-state index in [-0.39, 0.29) is 17.7 Å². The van der Waals surface area contributed by atoms with Crippen LogP contribution in [0.4, 0.5) is 5.69 Å². The van der Waals surface area contributed by atoms with Crippen molar-refractivity contribution in [3.63, 3.8) is 0 Å². The first-order valence-corrected chi connectivity index (χ1v) is 11.5. The van der Waals surface area contributed by atoms with E-state index in [1.807, 2.05) is 28.0 Å². The number of hydrogen-bond donors (Lipinski definition) is 0. The molecule has 0 radical (unpaired) electrons. The Bertz CT molecular complexity index is 1010. The van der Waals surface area contributed by atoms with E-state index >= 15 is 0 Å². The monoisotopic (exact) mass is 417 g/mol. The summed E-state index contributed by atoms with van der Waals surface area (Å²) in [7, 11) is 0. The van der Waals surface area contributed by atoms with Crippen LogP contribution < -0.4 is 4.90 Å². The predicted molar refractivity (Wildman–Crippen MR) is 122 cm³/mol. The molecule has 2 heterocycles. The average molecular weight is 418 g/mol. The molecular formula is C26H31N3O2. The van der Waals surface area contributed by atoms with Crippen LogP contribution in [-0.4, -0.2) is 54.3 Å². The van der Waals surface area contributed by atoms with E-state index in [4.69, 9.17) is 0 Å². The van der Waals surface area contributed by atoms with Crippen molar-refractivity contribution in [1.29, 1.82) is 0 Å². The van der Waals surface area contributed by atoms with Gasteiger partial charge in [-0.2, -0.15) is 0 Å². The summed E-state index contributed by atoms with van der Waals surface area (Å²) in [4.78, 5) is 33.0. The zero-order valence-electron chi connectivity index (χ0n) is 18.5. The molecule has 1 atom stereocenters. The molecule has 2 aliphatic heterocycles. The lowest BCUT2D eigenvalue weighted by molar-refractivity contribution is -0.147. The molecule has 2 aromatic carbocycles. The summed E-state index contributed by atoms with van der Waals surface area (Å²) in [5.41, 5.74) is 6.09. The molecule has 1 aliphatic carbocycles. The number of amides is 2. The van der Waals surface area contributed by atoms with Gasteiger partial charge in [-0.05, 0) is 61.4 Å². The number of rotatable bonds is 3. The first kappa shape index (κ1) is 20.1. The van der Waals surface area contributed by atoms with E-state index in [0.29, 0.717) is 19.6 Å². The Morgan fingerprint density at radius 1 is 0.839 bits per heavy atom. The Kier molecular flexibility index (Phi) is 5.20. The smallest absolute Gasteiger partial charge is 0.250 e. The minimum Gasteiger partial charge on any atom is -0.368 e. The van der Waals surface area contributed by atoms with E-state index in [0.717, 1.165) is 37.9 Å². The average Bonchev–Trinajstić information content (AvgIpc) is 3.65. The van der Waals surface area contributed by atoms with Crippen molar-refractivity contribution in [2.75, 3.05) is 37.6 Å². The number of carbonyl (C=O) groups excluding carboxylic acids is 2. The molecule has 0 bridgehead atoms. The maximum Gasteiger partial charge on any atom is 0.250 e. The van der Waals surface area contributed by atoms with E-state index < -0.39 is 6.04 Å². The van der Waals surface area contributed by atoms with Gasteiger partial charge in [0, 0.05) is 44.3 Å². The van der Waals surface area contributed by atoms with Gasteiger partial charge in [0.2, 0.25) is 11.8 Å². The lowest BCUT2D eigenvalue weighted by atomic mass is 9.91. The normalized spacial score (nSPS) is 21.1. The maximum absolute atomic E-state index is 13.8. The van der Waals surface area contributed by atoms with Gasteiger partial charge in [-0.25, -0.2) is 0 Å². The summed E-state index contributed by atoms with van der Waals surface area (Å²) in [6.45, 7) is 7.98. The van der Waals surface area contributed by atoms with Crippen molar-refractivity contribution in [3.05, 3.63) is 64.7 Å². The zero-order chi connectivity index (χ0) is 21.5. The van der Waals surface area contributed by atoms with E-state index in [1.54, 1.807) is 0 Å². The van der Waals surface area contributed by atoms with Gasteiger partial charge >= 0.3 is 0 Å². The molecule has 5 nitrogen and oxygen atoms in total. The molecule has 162 valence electrons. The van der Waals surface area contributed by atoms with Gasteiger partial charge < -0.3 is 14.7 Å². The van der Waals surface area contributed by atoms with Crippen LogP contribution in [0.25, 0.3) is 0 Å². The molecule has 1 saturated heterocycles. The minimum atomic E-state index is -0.467. The molecular weight excluding hydrogens is 386 g/mol. The Morgan fingerprint density at radius 2 is 1.58 bits per heavy atom. The van der Waals surface area contributed by atoms with Crippen LogP contribution in [0, 0.1) is 19.8 Å². The van der Waals surface area contributed by atoms with Crippen molar-refractivity contribution >= 4 is 17.5 Å². The third-order valence-corrected chi connectivity index (χ3v) is 7.24. The summed E-state index contributed by atoms with van der Waals surface area (Å²) < 4.78 is 0. The minimum absolute atomic E-state index is 0.0850. The number of benzene rings is 2. The quantitative estimate of drug-likeness (QED) is 0.768. The number of piperazine rings is 1. The van der Waals surface area contributed by atoms with Crippen molar-refractivity contribution in [2.24, 2.45) is 5.92 Å². The van der Waals surface area contributed by atoms with E-state index in [1.165, 1.54) is 22.4 Å². The van der Waals surface area contributed by atoms with Crippen LogP contribution in [0.1, 0.15) is 41.1 Å².